The monoisotopic (exact) mass is 392 g/mol. The number of benzene rings is 2. The Bertz CT molecular complexity index is 855. The maximum absolute atomic E-state index is 13.0. The lowest BCUT2D eigenvalue weighted by Gasteiger charge is -2.14. The molecule has 27 heavy (non-hydrogen) atoms. The van der Waals surface area contributed by atoms with E-state index in [1.165, 1.54) is 19.9 Å². The lowest BCUT2D eigenvalue weighted by Crippen LogP contribution is -2.30. The number of carbonyl (C=O) groups excluding carboxylic acids is 3. The molecule has 0 bridgehead atoms. The lowest BCUT2D eigenvalue weighted by atomic mass is 10.1. The first-order valence-corrected chi connectivity index (χ1v) is 8.44. The number of halogens is 2. The molecule has 0 radical (unpaired) electrons. The van der Waals surface area contributed by atoms with Crippen LogP contribution >= 0.6 is 11.6 Å². The second kappa shape index (κ2) is 9.14. The van der Waals surface area contributed by atoms with Crippen molar-refractivity contribution in [2.45, 2.75) is 26.4 Å². The van der Waals surface area contributed by atoms with Gasteiger partial charge in [-0.15, -0.1) is 0 Å². The predicted molar refractivity (Wildman–Crippen MR) is 100 cm³/mol. The number of hydrogen-bond donors (Lipinski definition) is 2. The molecule has 0 saturated carbocycles. The first-order chi connectivity index (χ1) is 12.7. The molecule has 2 rings (SSSR count). The van der Waals surface area contributed by atoms with Gasteiger partial charge in [-0.05, 0) is 42.8 Å². The van der Waals surface area contributed by atoms with Gasteiger partial charge in [0.15, 0.2) is 6.10 Å². The van der Waals surface area contributed by atoms with Crippen molar-refractivity contribution in [1.29, 1.82) is 0 Å². The number of hydrogen-bond acceptors (Lipinski definition) is 4. The normalized spacial score (nSPS) is 11.4. The molecule has 0 spiro atoms. The molecule has 0 aliphatic carbocycles. The molecule has 142 valence electrons. The number of esters is 1. The Kier molecular flexibility index (Phi) is 6.90. The van der Waals surface area contributed by atoms with E-state index < -0.39 is 23.8 Å². The summed E-state index contributed by atoms with van der Waals surface area (Å²) in [5.41, 5.74) is 1.51. The summed E-state index contributed by atoms with van der Waals surface area (Å²) in [6, 6.07) is 10.2. The highest BCUT2D eigenvalue weighted by Crippen LogP contribution is 2.22. The first-order valence-electron chi connectivity index (χ1n) is 8.06. The van der Waals surface area contributed by atoms with Crippen molar-refractivity contribution in [3.8, 4) is 0 Å². The average Bonchev–Trinajstić information content (AvgIpc) is 2.58. The Morgan fingerprint density at radius 2 is 1.78 bits per heavy atom. The fraction of sp³-hybridized carbons (Fsp3) is 0.211. The quantitative estimate of drug-likeness (QED) is 0.736. The summed E-state index contributed by atoms with van der Waals surface area (Å²) in [4.78, 5) is 35.1. The summed E-state index contributed by atoms with van der Waals surface area (Å²) >= 11 is 5.85. The Hall–Kier alpha value is -2.93. The van der Waals surface area contributed by atoms with Crippen LogP contribution in [-0.4, -0.2) is 23.9 Å². The van der Waals surface area contributed by atoms with E-state index >= 15 is 0 Å². The van der Waals surface area contributed by atoms with Gasteiger partial charge >= 0.3 is 5.97 Å². The van der Waals surface area contributed by atoms with Crippen LogP contribution in [-0.2, 0) is 25.5 Å². The zero-order valence-electron chi connectivity index (χ0n) is 14.7. The third-order valence-electron chi connectivity index (χ3n) is 3.49. The van der Waals surface area contributed by atoms with E-state index in [0.29, 0.717) is 11.3 Å². The summed E-state index contributed by atoms with van der Waals surface area (Å²) in [7, 11) is 0. The van der Waals surface area contributed by atoms with E-state index in [4.69, 9.17) is 16.3 Å². The van der Waals surface area contributed by atoms with E-state index in [-0.39, 0.29) is 23.0 Å². The van der Waals surface area contributed by atoms with Crippen LogP contribution in [0, 0.1) is 5.82 Å². The van der Waals surface area contributed by atoms with E-state index in [0.717, 1.165) is 12.1 Å². The molecule has 2 N–H and O–H groups in total. The summed E-state index contributed by atoms with van der Waals surface area (Å²) in [6.45, 7) is 2.82. The minimum Gasteiger partial charge on any atom is -0.452 e. The predicted octanol–water partition coefficient (Wildman–Crippen LogP) is 3.55. The smallest absolute Gasteiger partial charge is 0.311 e. The lowest BCUT2D eigenvalue weighted by molar-refractivity contribution is -0.152. The van der Waals surface area contributed by atoms with Crippen LogP contribution in [0.1, 0.15) is 19.4 Å². The van der Waals surface area contributed by atoms with Crippen molar-refractivity contribution in [3.63, 3.8) is 0 Å². The van der Waals surface area contributed by atoms with Gasteiger partial charge in [-0.25, -0.2) is 4.39 Å². The van der Waals surface area contributed by atoms with Crippen molar-refractivity contribution in [1.82, 2.24) is 0 Å². The van der Waals surface area contributed by atoms with Crippen LogP contribution in [0.5, 0.6) is 0 Å². The fourth-order valence-electron chi connectivity index (χ4n) is 2.19. The molecule has 2 amide bonds. The second-order valence-corrected chi connectivity index (χ2v) is 6.21. The van der Waals surface area contributed by atoms with Crippen LogP contribution < -0.4 is 10.6 Å². The second-order valence-electron chi connectivity index (χ2n) is 5.80. The van der Waals surface area contributed by atoms with Crippen molar-refractivity contribution >= 4 is 40.8 Å². The largest absolute Gasteiger partial charge is 0.452 e. The van der Waals surface area contributed by atoms with Gasteiger partial charge in [-0.3, -0.25) is 14.4 Å². The van der Waals surface area contributed by atoms with Gasteiger partial charge in [0.25, 0.3) is 5.91 Å². The van der Waals surface area contributed by atoms with Gasteiger partial charge in [0.2, 0.25) is 5.91 Å². The van der Waals surface area contributed by atoms with E-state index in [1.54, 1.807) is 24.3 Å². The van der Waals surface area contributed by atoms with Gasteiger partial charge in [0, 0.05) is 12.6 Å². The van der Waals surface area contributed by atoms with Crippen molar-refractivity contribution in [2.24, 2.45) is 0 Å². The fourth-order valence-corrected chi connectivity index (χ4v) is 2.41. The summed E-state index contributed by atoms with van der Waals surface area (Å²) in [5.74, 6) is -1.89. The number of nitrogens with one attached hydrogen (secondary N) is 2. The van der Waals surface area contributed by atoms with Crippen molar-refractivity contribution < 1.29 is 23.5 Å². The molecule has 0 unspecified atom stereocenters. The SMILES string of the molecule is CC(=O)Nc1ccc(CC(=O)O[C@H](C)C(=O)Nc2ccc(F)cc2Cl)cc1. The Morgan fingerprint density at radius 3 is 2.37 bits per heavy atom. The zero-order chi connectivity index (χ0) is 20.0. The maximum atomic E-state index is 13.0. The highest BCUT2D eigenvalue weighted by atomic mass is 35.5. The molecule has 0 aliphatic rings. The molecule has 0 saturated heterocycles. The molecule has 0 aliphatic heterocycles. The molecular formula is C19H18ClFN2O4. The number of ether oxygens (including phenoxy) is 1. The minimum absolute atomic E-state index is 0.0325. The molecule has 6 nitrogen and oxygen atoms in total. The van der Waals surface area contributed by atoms with E-state index in [2.05, 4.69) is 10.6 Å². The number of anilines is 2. The molecular weight excluding hydrogens is 375 g/mol. The Morgan fingerprint density at radius 1 is 1.11 bits per heavy atom. The average molecular weight is 393 g/mol. The van der Waals surface area contributed by atoms with Gasteiger partial charge < -0.3 is 15.4 Å². The maximum Gasteiger partial charge on any atom is 0.311 e. The highest BCUT2D eigenvalue weighted by Gasteiger charge is 2.19. The van der Waals surface area contributed by atoms with Gasteiger partial charge in [0.05, 0.1) is 17.1 Å². The number of rotatable bonds is 6. The number of amides is 2. The van der Waals surface area contributed by atoms with Crippen LogP contribution in [0.4, 0.5) is 15.8 Å². The van der Waals surface area contributed by atoms with Gasteiger partial charge in [0.1, 0.15) is 5.82 Å². The standard InChI is InChI=1S/C19H18ClFN2O4/c1-11(19(26)23-17-8-5-14(21)10-16(17)20)27-18(25)9-13-3-6-15(7-4-13)22-12(2)24/h3-8,10-11H,9H2,1-2H3,(H,22,24)(H,23,26)/t11-/m1/s1. The Balaban J connectivity index is 1.88. The first kappa shape index (κ1) is 20.4. The summed E-state index contributed by atoms with van der Waals surface area (Å²) < 4.78 is 18.1. The minimum atomic E-state index is -1.06. The summed E-state index contributed by atoms with van der Waals surface area (Å²) in [5, 5.41) is 5.14. The highest BCUT2D eigenvalue weighted by molar-refractivity contribution is 6.33. The molecule has 0 heterocycles. The molecule has 8 heteroatoms. The van der Waals surface area contributed by atoms with Gasteiger partial charge in [-0.2, -0.15) is 0 Å². The third-order valence-corrected chi connectivity index (χ3v) is 3.80. The van der Waals surface area contributed by atoms with E-state index in [9.17, 15) is 18.8 Å². The third kappa shape index (κ3) is 6.38. The molecule has 2 aromatic carbocycles. The molecule has 0 aromatic heterocycles. The molecule has 0 fully saturated rings. The van der Waals surface area contributed by atoms with Crippen LogP contribution in [0.25, 0.3) is 0 Å². The van der Waals surface area contributed by atoms with Crippen LogP contribution in [0.15, 0.2) is 42.5 Å². The summed E-state index contributed by atoms with van der Waals surface area (Å²) in [6.07, 6.45) is -1.09. The molecule has 1 atom stereocenters. The van der Waals surface area contributed by atoms with Crippen molar-refractivity contribution in [2.75, 3.05) is 10.6 Å². The van der Waals surface area contributed by atoms with Crippen molar-refractivity contribution in [3.05, 3.63) is 58.9 Å². The zero-order valence-corrected chi connectivity index (χ0v) is 15.5. The molecule has 2 aromatic rings. The Labute approximate surface area is 160 Å². The van der Waals surface area contributed by atoms with Crippen LogP contribution in [0.2, 0.25) is 5.02 Å². The van der Waals surface area contributed by atoms with Crippen LogP contribution in [0.3, 0.4) is 0 Å². The van der Waals surface area contributed by atoms with E-state index in [1.807, 2.05) is 0 Å². The topological polar surface area (TPSA) is 84.5 Å². The van der Waals surface area contributed by atoms with Gasteiger partial charge in [-0.1, -0.05) is 23.7 Å². The number of carbonyl (C=O) groups is 3.